The van der Waals surface area contributed by atoms with E-state index in [0.717, 1.165) is 17.4 Å². The normalized spacial score (nSPS) is 11.9. The fraction of sp³-hybridized carbons (Fsp3) is 0.500. The number of nitrogens with one attached hydrogen (secondary N) is 2. The molecule has 2 N–H and O–H groups in total. The second-order valence-corrected chi connectivity index (χ2v) is 6.48. The monoisotopic (exact) mass is 347 g/mol. The summed E-state index contributed by atoms with van der Waals surface area (Å²) in [5.41, 5.74) is 0.490. The van der Waals surface area contributed by atoms with Crippen LogP contribution in [0, 0.1) is 0 Å². The van der Waals surface area contributed by atoms with Crippen LogP contribution in [0.5, 0.6) is 0 Å². The van der Waals surface area contributed by atoms with E-state index in [4.69, 9.17) is 0 Å². The molecule has 1 aromatic heterocycles. The topological polar surface area (TPSA) is 71.1 Å². The summed E-state index contributed by atoms with van der Waals surface area (Å²) in [7, 11) is -0.908. The van der Waals surface area contributed by atoms with Crippen molar-refractivity contribution in [1.29, 1.82) is 0 Å². The molecule has 1 heterocycles. The molecular weight excluding hydrogens is 330 g/mol. The second kappa shape index (κ2) is 8.27. The third-order valence-corrected chi connectivity index (χ3v) is 3.53. The number of hydrogen-bond acceptors (Lipinski definition) is 4. The molecular formula is C12H18BrN3O2S. The van der Waals surface area contributed by atoms with E-state index in [0.29, 0.717) is 23.7 Å². The van der Waals surface area contributed by atoms with Gasteiger partial charge in [-0.3, -0.25) is 9.00 Å². The van der Waals surface area contributed by atoms with Crippen LogP contribution in [0.1, 0.15) is 23.7 Å². The van der Waals surface area contributed by atoms with Crippen molar-refractivity contribution >= 4 is 38.5 Å². The van der Waals surface area contributed by atoms with E-state index in [1.54, 1.807) is 18.5 Å². The highest BCUT2D eigenvalue weighted by Gasteiger charge is 2.12. The van der Waals surface area contributed by atoms with E-state index in [2.05, 4.69) is 31.5 Å². The van der Waals surface area contributed by atoms with Gasteiger partial charge in [-0.25, -0.2) is 4.98 Å². The summed E-state index contributed by atoms with van der Waals surface area (Å²) >= 11 is 3.31. The third-order valence-electron chi connectivity index (χ3n) is 2.32. The SMILES string of the molecule is CCCNc1ncc(Br)cc1C(=O)NCCS(C)=O. The van der Waals surface area contributed by atoms with Gasteiger partial charge in [0.05, 0.1) is 5.56 Å². The minimum atomic E-state index is -0.908. The van der Waals surface area contributed by atoms with Crippen molar-refractivity contribution < 1.29 is 9.00 Å². The van der Waals surface area contributed by atoms with Crippen LogP contribution in [0.25, 0.3) is 0 Å². The lowest BCUT2D eigenvalue weighted by atomic mass is 10.2. The molecule has 5 nitrogen and oxygen atoms in total. The van der Waals surface area contributed by atoms with Gasteiger partial charge < -0.3 is 10.6 Å². The van der Waals surface area contributed by atoms with Gasteiger partial charge in [0.2, 0.25) is 0 Å². The summed E-state index contributed by atoms with van der Waals surface area (Å²) < 4.78 is 11.7. The zero-order valence-corrected chi connectivity index (χ0v) is 13.4. The molecule has 0 bridgehead atoms. The van der Waals surface area contributed by atoms with Crippen LogP contribution in [0.15, 0.2) is 16.7 Å². The first-order chi connectivity index (χ1) is 9.04. The number of anilines is 1. The molecule has 0 saturated carbocycles. The van der Waals surface area contributed by atoms with Gasteiger partial charge in [0.15, 0.2) is 0 Å². The van der Waals surface area contributed by atoms with Gasteiger partial charge in [0.1, 0.15) is 5.82 Å². The number of rotatable bonds is 7. The molecule has 0 fully saturated rings. The Bertz CT molecular complexity index is 468. The van der Waals surface area contributed by atoms with Crippen molar-refractivity contribution in [2.45, 2.75) is 13.3 Å². The van der Waals surface area contributed by atoms with Crippen molar-refractivity contribution in [2.75, 3.05) is 30.4 Å². The quantitative estimate of drug-likeness (QED) is 0.788. The number of carbonyl (C=O) groups is 1. The Balaban J connectivity index is 2.75. The molecule has 0 aliphatic carbocycles. The maximum atomic E-state index is 12.1. The Labute approximate surface area is 124 Å². The number of hydrogen-bond donors (Lipinski definition) is 2. The summed E-state index contributed by atoms with van der Waals surface area (Å²) in [5.74, 6) is 0.809. The van der Waals surface area contributed by atoms with Crippen molar-refractivity contribution in [2.24, 2.45) is 0 Å². The summed E-state index contributed by atoms with van der Waals surface area (Å²) in [6, 6.07) is 1.73. The molecule has 0 aliphatic heterocycles. The van der Waals surface area contributed by atoms with Crippen LogP contribution in [0.3, 0.4) is 0 Å². The van der Waals surface area contributed by atoms with E-state index < -0.39 is 10.8 Å². The number of carbonyl (C=O) groups excluding carboxylic acids is 1. The molecule has 1 aromatic rings. The Morgan fingerprint density at radius 3 is 2.84 bits per heavy atom. The minimum Gasteiger partial charge on any atom is -0.369 e. The highest BCUT2D eigenvalue weighted by Crippen LogP contribution is 2.18. The van der Waals surface area contributed by atoms with Gasteiger partial charge in [0.25, 0.3) is 5.91 Å². The number of pyridine rings is 1. The molecule has 7 heteroatoms. The third kappa shape index (κ3) is 5.69. The number of nitrogens with zero attached hydrogens (tertiary/aromatic N) is 1. The van der Waals surface area contributed by atoms with E-state index in [9.17, 15) is 9.00 Å². The van der Waals surface area contributed by atoms with E-state index >= 15 is 0 Å². The first-order valence-electron chi connectivity index (χ1n) is 6.02. The lowest BCUT2D eigenvalue weighted by molar-refractivity contribution is 0.0956. The van der Waals surface area contributed by atoms with Gasteiger partial charge in [-0.05, 0) is 28.4 Å². The van der Waals surface area contributed by atoms with Gasteiger partial charge in [0, 0.05) is 46.6 Å². The molecule has 106 valence electrons. The average Bonchev–Trinajstić information content (AvgIpc) is 2.36. The fourth-order valence-electron chi connectivity index (χ4n) is 1.40. The number of halogens is 1. The van der Waals surface area contributed by atoms with Crippen LogP contribution < -0.4 is 10.6 Å². The van der Waals surface area contributed by atoms with Crippen molar-refractivity contribution in [3.63, 3.8) is 0 Å². The predicted octanol–water partition coefficient (Wildman–Crippen LogP) is 1.77. The van der Waals surface area contributed by atoms with Crippen molar-refractivity contribution in [3.8, 4) is 0 Å². The molecule has 1 unspecified atom stereocenters. The Kier molecular flexibility index (Phi) is 7.01. The maximum Gasteiger partial charge on any atom is 0.255 e. The minimum absolute atomic E-state index is 0.210. The van der Waals surface area contributed by atoms with E-state index in [1.165, 1.54) is 0 Å². The van der Waals surface area contributed by atoms with Crippen LogP contribution in [-0.4, -0.2) is 40.2 Å². The smallest absolute Gasteiger partial charge is 0.255 e. The van der Waals surface area contributed by atoms with Gasteiger partial charge in [-0.2, -0.15) is 0 Å². The predicted molar refractivity (Wildman–Crippen MR) is 82.0 cm³/mol. The maximum absolute atomic E-state index is 12.1. The molecule has 0 saturated heterocycles. The molecule has 0 spiro atoms. The zero-order valence-electron chi connectivity index (χ0n) is 11.0. The molecule has 1 rings (SSSR count). The lowest BCUT2D eigenvalue weighted by Gasteiger charge is -2.11. The molecule has 0 aliphatic rings. The van der Waals surface area contributed by atoms with Crippen LogP contribution in [-0.2, 0) is 10.8 Å². The fourth-order valence-corrected chi connectivity index (χ4v) is 2.12. The van der Waals surface area contributed by atoms with Gasteiger partial charge in [-0.1, -0.05) is 6.92 Å². The summed E-state index contributed by atoms with van der Waals surface area (Å²) in [5, 5.41) is 5.86. The van der Waals surface area contributed by atoms with Crippen LogP contribution in [0.2, 0.25) is 0 Å². The summed E-state index contributed by atoms with van der Waals surface area (Å²) in [6.45, 7) is 3.19. The first-order valence-corrected chi connectivity index (χ1v) is 8.54. The summed E-state index contributed by atoms with van der Waals surface area (Å²) in [4.78, 5) is 16.3. The Morgan fingerprint density at radius 2 is 2.21 bits per heavy atom. The van der Waals surface area contributed by atoms with Crippen molar-refractivity contribution in [1.82, 2.24) is 10.3 Å². The molecule has 0 aromatic carbocycles. The lowest BCUT2D eigenvalue weighted by Crippen LogP contribution is -2.28. The van der Waals surface area contributed by atoms with Crippen LogP contribution >= 0.6 is 15.9 Å². The molecule has 1 atom stereocenters. The Morgan fingerprint density at radius 1 is 1.47 bits per heavy atom. The van der Waals surface area contributed by atoms with Crippen LogP contribution in [0.4, 0.5) is 5.82 Å². The average molecular weight is 348 g/mol. The largest absolute Gasteiger partial charge is 0.369 e. The standard InChI is InChI=1S/C12H18BrN3O2S/c1-3-4-14-11-10(7-9(13)8-16-11)12(17)15-5-6-19(2)18/h7-8H,3-6H2,1-2H3,(H,14,16)(H,15,17). The molecule has 19 heavy (non-hydrogen) atoms. The number of aromatic nitrogens is 1. The number of amides is 1. The Hall–Kier alpha value is -0.950. The van der Waals surface area contributed by atoms with Crippen molar-refractivity contribution in [3.05, 3.63) is 22.3 Å². The summed E-state index contributed by atoms with van der Waals surface area (Å²) in [6.07, 6.45) is 4.21. The second-order valence-electron chi connectivity index (χ2n) is 4.01. The highest BCUT2D eigenvalue weighted by atomic mass is 79.9. The zero-order chi connectivity index (χ0) is 14.3. The van der Waals surface area contributed by atoms with Gasteiger partial charge in [-0.15, -0.1) is 0 Å². The molecule has 0 radical (unpaired) electrons. The van der Waals surface area contributed by atoms with E-state index in [1.807, 2.05) is 6.92 Å². The first kappa shape index (κ1) is 16.1. The van der Waals surface area contributed by atoms with Gasteiger partial charge >= 0.3 is 0 Å². The highest BCUT2D eigenvalue weighted by molar-refractivity contribution is 9.10. The molecule has 1 amide bonds. The van der Waals surface area contributed by atoms with E-state index in [-0.39, 0.29) is 5.91 Å².